The zero-order chi connectivity index (χ0) is 21.8. The Hall–Kier alpha value is -3.55. The van der Waals surface area contributed by atoms with Crippen LogP contribution in [0.5, 0.6) is 0 Å². The Balaban J connectivity index is 2.20. The minimum absolute atomic E-state index is 0.0709. The summed E-state index contributed by atoms with van der Waals surface area (Å²) < 4.78 is 16.0. The minimum atomic E-state index is -0.828. The minimum Gasteiger partial charge on any atom is -0.348 e. The van der Waals surface area contributed by atoms with Gasteiger partial charge in [-0.2, -0.15) is 9.78 Å². The lowest BCUT2D eigenvalue weighted by molar-refractivity contribution is 0.0929. The molecule has 0 aliphatic carbocycles. The van der Waals surface area contributed by atoms with Gasteiger partial charge in [0.25, 0.3) is 11.5 Å². The third kappa shape index (κ3) is 4.37. The summed E-state index contributed by atoms with van der Waals surface area (Å²) in [4.78, 5) is 38.7. The number of hydrogen-bond donors (Lipinski definition) is 1. The van der Waals surface area contributed by atoms with E-state index in [9.17, 15) is 18.8 Å². The molecule has 156 valence electrons. The molecule has 1 atom stereocenters. The summed E-state index contributed by atoms with van der Waals surface area (Å²) in [6.07, 6.45) is 0.649. The molecule has 30 heavy (non-hydrogen) atoms. The second kappa shape index (κ2) is 8.86. The monoisotopic (exact) mass is 410 g/mol. The summed E-state index contributed by atoms with van der Waals surface area (Å²) in [6.45, 7) is 5.52. The molecule has 0 fully saturated rings. The molecule has 0 aliphatic heterocycles. The van der Waals surface area contributed by atoms with Crippen LogP contribution in [0.15, 0.2) is 58.1 Å². The highest BCUT2D eigenvalue weighted by atomic mass is 19.1. The molecule has 0 saturated carbocycles. The van der Waals surface area contributed by atoms with Crippen molar-refractivity contribution in [2.45, 2.75) is 39.8 Å². The number of amides is 1. The predicted molar refractivity (Wildman–Crippen MR) is 112 cm³/mol. The molecule has 3 aromatic rings. The summed E-state index contributed by atoms with van der Waals surface area (Å²) in [6, 6.07) is 12.6. The summed E-state index contributed by atoms with van der Waals surface area (Å²) in [5, 5.41) is 6.60. The van der Waals surface area contributed by atoms with Gasteiger partial charge in [0.2, 0.25) is 5.69 Å². The van der Waals surface area contributed by atoms with Crippen molar-refractivity contribution < 1.29 is 9.18 Å². The van der Waals surface area contributed by atoms with Crippen LogP contribution in [0.4, 0.5) is 4.39 Å². The maximum atomic E-state index is 14.4. The van der Waals surface area contributed by atoms with Crippen molar-refractivity contribution in [3.8, 4) is 5.69 Å². The number of rotatable bonds is 6. The molecule has 1 aromatic heterocycles. The molecule has 0 bridgehead atoms. The Morgan fingerprint density at radius 2 is 1.80 bits per heavy atom. The molecular formula is C22H23FN4O3. The lowest BCUT2D eigenvalue weighted by atomic mass is 10.1. The third-order valence-electron chi connectivity index (χ3n) is 4.81. The van der Waals surface area contributed by atoms with Gasteiger partial charge in [-0.25, -0.2) is 9.18 Å². The number of nitrogens with one attached hydrogen (secondary N) is 1. The van der Waals surface area contributed by atoms with Gasteiger partial charge in [-0.05, 0) is 38.0 Å². The molecule has 1 heterocycles. The van der Waals surface area contributed by atoms with Crippen molar-refractivity contribution >= 4 is 5.91 Å². The van der Waals surface area contributed by atoms with Crippen LogP contribution in [-0.2, 0) is 6.54 Å². The summed E-state index contributed by atoms with van der Waals surface area (Å²) >= 11 is 0. The van der Waals surface area contributed by atoms with E-state index in [1.54, 1.807) is 25.1 Å². The molecule has 0 spiro atoms. The van der Waals surface area contributed by atoms with Gasteiger partial charge in [0.15, 0.2) is 0 Å². The molecule has 8 heteroatoms. The fourth-order valence-corrected chi connectivity index (χ4v) is 2.85. The molecule has 7 nitrogen and oxygen atoms in total. The van der Waals surface area contributed by atoms with Crippen molar-refractivity contribution in [1.29, 1.82) is 0 Å². The van der Waals surface area contributed by atoms with Gasteiger partial charge in [0.05, 0.1) is 6.54 Å². The van der Waals surface area contributed by atoms with Crippen LogP contribution in [0.1, 0.15) is 41.9 Å². The average Bonchev–Trinajstić information content (AvgIpc) is 2.73. The highest BCUT2D eigenvalue weighted by Gasteiger charge is 2.22. The van der Waals surface area contributed by atoms with E-state index >= 15 is 0 Å². The van der Waals surface area contributed by atoms with E-state index in [1.165, 1.54) is 18.2 Å². The van der Waals surface area contributed by atoms with E-state index in [-0.39, 0.29) is 18.3 Å². The zero-order valence-corrected chi connectivity index (χ0v) is 17.1. The van der Waals surface area contributed by atoms with Crippen molar-refractivity contribution in [2.75, 3.05) is 0 Å². The van der Waals surface area contributed by atoms with E-state index in [0.29, 0.717) is 12.0 Å². The van der Waals surface area contributed by atoms with Gasteiger partial charge in [-0.1, -0.05) is 48.9 Å². The maximum Gasteiger partial charge on any atom is 0.352 e. The van der Waals surface area contributed by atoms with E-state index < -0.39 is 28.7 Å². The van der Waals surface area contributed by atoms with E-state index in [1.807, 2.05) is 26.0 Å². The van der Waals surface area contributed by atoms with Gasteiger partial charge in [0, 0.05) is 6.04 Å². The number of halogens is 1. The first kappa shape index (κ1) is 21.2. The van der Waals surface area contributed by atoms with E-state index in [0.717, 1.165) is 14.8 Å². The molecule has 3 rings (SSSR count). The second-order valence-electron chi connectivity index (χ2n) is 7.15. The Bertz CT molecular complexity index is 1180. The van der Waals surface area contributed by atoms with Crippen LogP contribution < -0.4 is 16.6 Å². The molecule has 0 radical (unpaired) electrons. The molecular weight excluding hydrogens is 387 g/mol. The smallest absolute Gasteiger partial charge is 0.348 e. The number of aromatic nitrogens is 3. The number of aryl methyl sites for hydroxylation is 1. The van der Waals surface area contributed by atoms with Crippen molar-refractivity contribution in [1.82, 2.24) is 19.7 Å². The van der Waals surface area contributed by atoms with Crippen LogP contribution in [0, 0.1) is 12.7 Å². The van der Waals surface area contributed by atoms with Gasteiger partial charge in [-0.3, -0.25) is 14.2 Å². The standard InChI is InChI=1S/C22H23FN4O3/c1-4-15(3)24-20(28)19-21(29)26(13-16-11-9-14(2)10-12-16)22(30)27(25-19)18-8-6-5-7-17(18)23/h5-12,15H,4,13H2,1-3H3,(H,24,28)/t15-/m0/s1. The fraction of sp³-hybridized carbons (Fsp3) is 0.273. The van der Waals surface area contributed by atoms with Gasteiger partial charge in [0.1, 0.15) is 11.5 Å². The number of carbonyl (C=O) groups is 1. The number of benzene rings is 2. The average molecular weight is 410 g/mol. The SMILES string of the molecule is CC[C@H](C)NC(=O)c1nn(-c2ccccc2F)c(=O)n(Cc2ccc(C)cc2)c1=O. The molecule has 0 saturated heterocycles. The third-order valence-corrected chi connectivity index (χ3v) is 4.81. The Morgan fingerprint density at radius 1 is 1.13 bits per heavy atom. The van der Waals surface area contributed by atoms with Crippen molar-refractivity contribution in [3.63, 3.8) is 0 Å². The number of para-hydroxylation sites is 1. The summed E-state index contributed by atoms with van der Waals surface area (Å²) in [5.41, 5.74) is -0.541. The van der Waals surface area contributed by atoms with E-state index in [2.05, 4.69) is 10.4 Å². The van der Waals surface area contributed by atoms with Crippen LogP contribution in [0.25, 0.3) is 5.69 Å². The van der Waals surface area contributed by atoms with Crippen LogP contribution in [-0.4, -0.2) is 26.3 Å². The first-order chi connectivity index (χ1) is 14.3. The van der Waals surface area contributed by atoms with Gasteiger partial charge >= 0.3 is 5.69 Å². The lowest BCUT2D eigenvalue weighted by Gasteiger charge is -2.14. The first-order valence-corrected chi connectivity index (χ1v) is 9.67. The molecule has 1 amide bonds. The van der Waals surface area contributed by atoms with Crippen LogP contribution >= 0.6 is 0 Å². The highest BCUT2D eigenvalue weighted by molar-refractivity contribution is 5.91. The van der Waals surface area contributed by atoms with Crippen molar-refractivity contribution in [2.24, 2.45) is 0 Å². The Kier molecular flexibility index (Phi) is 6.25. The number of carbonyl (C=O) groups excluding carboxylic acids is 1. The largest absolute Gasteiger partial charge is 0.352 e. The zero-order valence-electron chi connectivity index (χ0n) is 17.1. The fourth-order valence-electron chi connectivity index (χ4n) is 2.85. The lowest BCUT2D eigenvalue weighted by Crippen LogP contribution is -2.47. The van der Waals surface area contributed by atoms with Gasteiger partial charge < -0.3 is 5.32 Å². The molecule has 0 unspecified atom stereocenters. The van der Waals surface area contributed by atoms with Crippen LogP contribution in [0.3, 0.4) is 0 Å². The van der Waals surface area contributed by atoms with E-state index in [4.69, 9.17) is 0 Å². The quantitative estimate of drug-likeness (QED) is 0.676. The van der Waals surface area contributed by atoms with Gasteiger partial charge in [-0.15, -0.1) is 0 Å². The number of hydrogen-bond acceptors (Lipinski definition) is 4. The Labute approximate surface area is 172 Å². The molecule has 1 N–H and O–H groups in total. The second-order valence-corrected chi connectivity index (χ2v) is 7.15. The van der Waals surface area contributed by atoms with Crippen molar-refractivity contribution in [3.05, 3.63) is 92.0 Å². The maximum absolute atomic E-state index is 14.4. The van der Waals surface area contributed by atoms with Crippen LogP contribution in [0.2, 0.25) is 0 Å². The number of nitrogens with zero attached hydrogens (tertiary/aromatic N) is 3. The summed E-state index contributed by atoms with van der Waals surface area (Å²) in [5.74, 6) is -1.40. The first-order valence-electron chi connectivity index (χ1n) is 9.67. The highest BCUT2D eigenvalue weighted by Crippen LogP contribution is 2.09. The predicted octanol–water partition coefficient (Wildman–Crippen LogP) is 2.42. The Morgan fingerprint density at radius 3 is 2.43 bits per heavy atom. The molecule has 2 aromatic carbocycles. The topological polar surface area (TPSA) is 86.0 Å². The molecule has 0 aliphatic rings. The normalized spacial score (nSPS) is 11.9. The summed E-state index contributed by atoms with van der Waals surface area (Å²) in [7, 11) is 0.